The molecule has 0 fully saturated rings. The molecule has 1 atom stereocenters. The van der Waals surface area contributed by atoms with Crippen molar-refractivity contribution >= 4 is 11.9 Å². The molecule has 0 aromatic carbocycles. The lowest BCUT2D eigenvalue weighted by atomic mass is 9.98. The normalized spacial score (nSPS) is 12.8. The molecule has 0 saturated heterocycles. The third-order valence-corrected chi connectivity index (χ3v) is 3.22. The van der Waals surface area contributed by atoms with Gasteiger partial charge < -0.3 is 9.47 Å². The Morgan fingerprint density at radius 3 is 2.14 bits per heavy atom. The van der Waals surface area contributed by atoms with Crippen molar-refractivity contribution in [1.29, 1.82) is 0 Å². The van der Waals surface area contributed by atoms with E-state index in [1.54, 1.807) is 0 Å². The zero-order valence-electron chi connectivity index (χ0n) is 14.4. The minimum atomic E-state index is -0.398. The average Bonchev–Trinajstić information content (AvgIpc) is 2.36. The summed E-state index contributed by atoms with van der Waals surface area (Å²) in [6.45, 7) is 9.94. The summed E-state index contributed by atoms with van der Waals surface area (Å²) in [5.74, 6) is -0.176. The van der Waals surface area contributed by atoms with Gasteiger partial charge in [-0.2, -0.15) is 0 Å². The third-order valence-electron chi connectivity index (χ3n) is 3.22. The molecule has 0 saturated carbocycles. The fourth-order valence-electron chi connectivity index (χ4n) is 2.15. The van der Waals surface area contributed by atoms with E-state index in [4.69, 9.17) is 9.47 Å². The van der Waals surface area contributed by atoms with Gasteiger partial charge in [0.25, 0.3) is 0 Å². The number of esters is 2. The van der Waals surface area contributed by atoms with Crippen LogP contribution in [0.4, 0.5) is 0 Å². The predicted molar refractivity (Wildman–Crippen MR) is 84.0 cm³/mol. The highest BCUT2D eigenvalue weighted by Crippen LogP contribution is 2.17. The lowest BCUT2D eigenvalue weighted by molar-refractivity contribution is -0.155. The van der Waals surface area contributed by atoms with Crippen molar-refractivity contribution < 1.29 is 19.1 Å². The number of hydrogen-bond acceptors (Lipinski definition) is 4. The van der Waals surface area contributed by atoms with Gasteiger partial charge >= 0.3 is 11.9 Å². The number of rotatable bonds is 10. The van der Waals surface area contributed by atoms with E-state index in [9.17, 15) is 9.59 Å². The van der Waals surface area contributed by atoms with E-state index >= 15 is 0 Å². The van der Waals surface area contributed by atoms with Gasteiger partial charge in [-0.15, -0.1) is 0 Å². The second kappa shape index (κ2) is 10.6. The zero-order valence-corrected chi connectivity index (χ0v) is 14.4. The molecule has 0 rings (SSSR count). The first-order valence-corrected chi connectivity index (χ1v) is 8.18. The number of unbranched alkanes of at least 4 members (excludes halogenated alkanes) is 3. The molecule has 0 aliphatic heterocycles. The Hall–Kier alpha value is -1.06. The second-order valence-corrected chi connectivity index (χ2v) is 6.40. The van der Waals surface area contributed by atoms with Gasteiger partial charge in [-0.1, -0.05) is 26.2 Å². The van der Waals surface area contributed by atoms with Gasteiger partial charge in [0.1, 0.15) is 5.60 Å². The van der Waals surface area contributed by atoms with Crippen molar-refractivity contribution in [3.05, 3.63) is 0 Å². The predicted octanol–water partition coefficient (Wildman–Crippen LogP) is 4.26. The van der Waals surface area contributed by atoms with Crippen molar-refractivity contribution in [2.75, 3.05) is 6.61 Å². The molecule has 4 nitrogen and oxygen atoms in total. The van der Waals surface area contributed by atoms with Crippen molar-refractivity contribution in [2.24, 2.45) is 5.92 Å². The van der Waals surface area contributed by atoms with E-state index in [2.05, 4.69) is 0 Å². The Labute approximate surface area is 129 Å². The molecule has 0 aliphatic rings. The zero-order chi connectivity index (χ0) is 16.3. The van der Waals surface area contributed by atoms with Gasteiger partial charge in [0.15, 0.2) is 0 Å². The monoisotopic (exact) mass is 300 g/mol. The van der Waals surface area contributed by atoms with Crippen LogP contribution in [0.3, 0.4) is 0 Å². The van der Waals surface area contributed by atoms with Crippen LogP contribution in [-0.2, 0) is 19.1 Å². The maximum Gasteiger partial charge on any atom is 0.308 e. The quantitative estimate of drug-likeness (QED) is 0.447. The van der Waals surface area contributed by atoms with E-state index in [-0.39, 0.29) is 17.9 Å². The lowest BCUT2D eigenvalue weighted by Gasteiger charge is -2.19. The van der Waals surface area contributed by atoms with Gasteiger partial charge in [0, 0.05) is 6.42 Å². The van der Waals surface area contributed by atoms with Crippen molar-refractivity contribution in [2.45, 2.75) is 85.2 Å². The molecule has 124 valence electrons. The Kier molecular flexibility index (Phi) is 10.1. The Morgan fingerprint density at radius 1 is 1.00 bits per heavy atom. The Balaban J connectivity index is 3.67. The maximum atomic E-state index is 11.6. The Bertz CT molecular complexity index is 304. The minimum Gasteiger partial charge on any atom is -0.466 e. The standard InChI is InChI=1S/C17H32O4/c1-6-14(16(19)20-7-2)12-10-8-9-11-13-15(18)21-17(3,4)5/h14H,6-13H2,1-5H3. The van der Waals surface area contributed by atoms with Crippen molar-refractivity contribution in [1.82, 2.24) is 0 Å². The van der Waals surface area contributed by atoms with Crippen LogP contribution in [0.2, 0.25) is 0 Å². The summed E-state index contributed by atoms with van der Waals surface area (Å²) in [5.41, 5.74) is -0.398. The van der Waals surface area contributed by atoms with Crippen LogP contribution in [0.1, 0.15) is 79.6 Å². The molecule has 0 heterocycles. The fourth-order valence-corrected chi connectivity index (χ4v) is 2.15. The SMILES string of the molecule is CCOC(=O)C(CC)CCCCCCC(=O)OC(C)(C)C. The molecular weight excluding hydrogens is 268 g/mol. The van der Waals surface area contributed by atoms with Gasteiger partial charge in [-0.25, -0.2) is 0 Å². The van der Waals surface area contributed by atoms with Crippen molar-refractivity contribution in [3.8, 4) is 0 Å². The van der Waals surface area contributed by atoms with E-state index in [1.807, 2.05) is 34.6 Å². The summed E-state index contributed by atoms with van der Waals surface area (Å²) in [6, 6.07) is 0. The molecule has 0 aliphatic carbocycles. The molecule has 0 aromatic heterocycles. The lowest BCUT2D eigenvalue weighted by Crippen LogP contribution is -2.23. The largest absolute Gasteiger partial charge is 0.466 e. The molecule has 0 spiro atoms. The Morgan fingerprint density at radius 2 is 1.62 bits per heavy atom. The van der Waals surface area contributed by atoms with Crippen LogP contribution < -0.4 is 0 Å². The first-order valence-electron chi connectivity index (χ1n) is 8.18. The third kappa shape index (κ3) is 11.3. The molecular formula is C17H32O4. The number of ether oxygens (including phenoxy) is 2. The van der Waals surface area contributed by atoms with Crippen LogP contribution >= 0.6 is 0 Å². The van der Waals surface area contributed by atoms with Gasteiger partial charge in [0.05, 0.1) is 12.5 Å². The highest BCUT2D eigenvalue weighted by Gasteiger charge is 2.17. The van der Waals surface area contributed by atoms with Crippen LogP contribution in [0.5, 0.6) is 0 Å². The molecule has 0 N–H and O–H groups in total. The van der Waals surface area contributed by atoms with E-state index in [0.29, 0.717) is 13.0 Å². The van der Waals surface area contributed by atoms with Gasteiger partial charge in [-0.05, 0) is 47.0 Å². The molecule has 0 aromatic rings. The molecule has 4 heteroatoms. The van der Waals surface area contributed by atoms with Crippen LogP contribution in [0.15, 0.2) is 0 Å². The average molecular weight is 300 g/mol. The number of carbonyl (C=O) groups excluding carboxylic acids is 2. The van der Waals surface area contributed by atoms with Crippen molar-refractivity contribution in [3.63, 3.8) is 0 Å². The molecule has 0 amide bonds. The first kappa shape index (κ1) is 19.9. The molecule has 1 unspecified atom stereocenters. The van der Waals surface area contributed by atoms with E-state index < -0.39 is 5.60 Å². The van der Waals surface area contributed by atoms with Gasteiger partial charge in [-0.3, -0.25) is 9.59 Å². The van der Waals surface area contributed by atoms with Gasteiger partial charge in [0.2, 0.25) is 0 Å². The summed E-state index contributed by atoms with van der Waals surface area (Å²) >= 11 is 0. The van der Waals surface area contributed by atoms with E-state index in [1.165, 1.54) is 0 Å². The smallest absolute Gasteiger partial charge is 0.308 e. The van der Waals surface area contributed by atoms with Crippen LogP contribution in [-0.4, -0.2) is 24.1 Å². The highest BCUT2D eigenvalue weighted by atomic mass is 16.6. The molecule has 0 radical (unpaired) electrons. The van der Waals surface area contributed by atoms with E-state index in [0.717, 1.165) is 38.5 Å². The van der Waals surface area contributed by atoms with Crippen LogP contribution in [0, 0.1) is 5.92 Å². The summed E-state index contributed by atoms with van der Waals surface area (Å²) < 4.78 is 10.3. The second-order valence-electron chi connectivity index (χ2n) is 6.40. The first-order chi connectivity index (χ1) is 9.80. The topological polar surface area (TPSA) is 52.6 Å². The summed E-state index contributed by atoms with van der Waals surface area (Å²) in [5, 5.41) is 0. The minimum absolute atomic E-state index is 0.0239. The number of carbonyl (C=O) groups is 2. The molecule has 0 bridgehead atoms. The summed E-state index contributed by atoms with van der Waals surface area (Å²) in [7, 11) is 0. The highest BCUT2D eigenvalue weighted by molar-refractivity contribution is 5.72. The fraction of sp³-hybridized carbons (Fsp3) is 0.882. The summed E-state index contributed by atoms with van der Waals surface area (Å²) in [4.78, 5) is 23.2. The maximum absolute atomic E-state index is 11.6. The van der Waals surface area contributed by atoms with Crippen LogP contribution in [0.25, 0.3) is 0 Å². The molecule has 21 heavy (non-hydrogen) atoms. The number of hydrogen-bond donors (Lipinski definition) is 0. The summed E-state index contributed by atoms with van der Waals surface area (Å²) in [6.07, 6.45) is 6.08.